The van der Waals surface area contributed by atoms with E-state index >= 15 is 0 Å². The largest absolute Gasteiger partial charge is 0.489 e. The van der Waals surface area contributed by atoms with Crippen molar-refractivity contribution in [2.45, 2.75) is 19.6 Å². The first-order valence-corrected chi connectivity index (χ1v) is 8.38. The summed E-state index contributed by atoms with van der Waals surface area (Å²) in [5.41, 5.74) is 3.08. The highest BCUT2D eigenvalue weighted by molar-refractivity contribution is 5.48. The van der Waals surface area contributed by atoms with E-state index in [-0.39, 0.29) is 11.9 Å². The van der Waals surface area contributed by atoms with Gasteiger partial charge in [0.15, 0.2) is 0 Å². The lowest BCUT2D eigenvalue weighted by Gasteiger charge is -2.16. The zero-order valence-corrected chi connectivity index (χ0v) is 14.4. The third-order valence-electron chi connectivity index (χ3n) is 4.07. The van der Waals surface area contributed by atoms with Gasteiger partial charge < -0.3 is 10.1 Å². The van der Waals surface area contributed by atoms with Gasteiger partial charge in [0.25, 0.3) is 0 Å². The van der Waals surface area contributed by atoms with E-state index < -0.39 is 0 Å². The van der Waals surface area contributed by atoms with Gasteiger partial charge in [-0.15, -0.1) is 0 Å². The van der Waals surface area contributed by atoms with Crippen LogP contribution in [-0.4, -0.2) is 0 Å². The number of nitrogens with zero attached hydrogens (tertiary/aromatic N) is 1. The number of ether oxygens (including phenoxy) is 1. The molecule has 3 aromatic rings. The zero-order valence-electron chi connectivity index (χ0n) is 14.4. The Morgan fingerprint density at radius 1 is 1.04 bits per heavy atom. The van der Waals surface area contributed by atoms with Crippen LogP contribution < -0.4 is 10.1 Å². The number of hydrogen-bond donors (Lipinski definition) is 1. The van der Waals surface area contributed by atoms with Crippen molar-refractivity contribution >= 4 is 5.69 Å². The summed E-state index contributed by atoms with van der Waals surface area (Å²) in [4.78, 5) is 0. The lowest BCUT2D eigenvalue weighted by molar-refractivity contribution is 0.306. The molecule has 26 heavy (non-hydrogen) atoms. The normalized spacial score (nSPS) is 11.4. The molecule has 3 rings (SSSR count). The van der Waals surface area contributed by atoms with Crippen molar-refractivity contribution in [2.24, 2.45) is 0 Å². The second kappa shape index (κ2) is 8.17. The van der Waals surface area contributed by atoms with Gasteiger partial charge >= 0.3 is 0 Å². The van der Waals surface area contributed by atoms with Crippen LogP contribution in [-0.2, 0) is 6.61 Å². The van der Waals surface area contributed by atoms with E-state index in [1.165, 1.54) is 6.07 Å². The summed E-state index contributed by atoms with van der Waals surface area (Å²) < 4.78 is 19.6. The van der Waals surface area contributed by atoms with Crippen molar-refractivity contribution < 1.29 is 9.13 Å². The molecule has 0 aliphatic rings. The van der Waals surface area contributed by atoms with Crippen LogP contribution in [0.2, 0.25) is 0 Å². The molecule has 0 spiro atoms. The molecule has 0 bridgehead atoms. The fourth-order valence-electron chi connectivity index (χ4n) is 2.70. The second-order valence-corrected chi connectivity index (χ2v) is 6.01. The molecular formula is C22H19FN2O. The third kappa shape index (κ3) is 4.40. The minimum absolute atomic E-state index is 0.142. The minimum atomic E-state index is -0.216. The van der Waals surface area contributed by atoms with Gasteiger partial charge in [-0.1, -0.05) is 30.3 Å². The van der Waals surface area contributed by atoms with Crippen molar-refractivity contribution in [3.8, 4) is 11.8 Å². The molecule has 3 aromatic carbocycles. The number of benzene rings is 3. The Morgan fingerprint density at radius 2 is 1.81 bits per heavy atom. The lowest BCUT2D eigenvalue weighted by Crippen LogP contribution is -2.08. The Morgan fingerprint density at radius 3 is 2.54 bits per heavy atom. The first-order valence-electron chi connectivity index (χ1n) is 8.38. The molecule has 4 heteroatoms. The van der Waals surface area contributed by atoms with E-state index in [1.807, 2.05) is 55.5 Å². The van der Waals surface area contributed by atoms with Crippen LogP contribution in [0.1, 0.15) is 29.7 Å². The van der Waals surface area contributed by atoms with Crippen LogP contribution in [0.5, 0.6) is 5.75 Å². The van der Waals surface area contributed by atoms with Crippen molar-refractivity contribution in [2.75, 3.05) is 5.32 Å². The van der Waals surface area contributed by atoms with Crippen LogP contribution >= 0.6 is 0 Å². The molecule has 0 heterocycles. The van der Waals surface area contributed by atoms with Gasteiger partial charge in [0.05, 0.1) is 17.7 Å². The molecule has 0 aliphatic carbocycles. The highest BCUT2D eigenvalue weighted by Crippen LogP contribution is 2.23. The fraction of sp³-hybridized carbons (Fsp3) is 0.136. The molecular weight excluding hydrogens is 327 g/mol. The SMILES string of the molecule is CC(Nc1ccc(OCc2cccc(C#N)c2)cc1)c1ccccc1F. The van der Waals surface area contributed by atoms with E-state index in [9.17, 15) is 4.39 Å². The van der Waals surface area contributed by atoms with Gasteiger partial charge in [0.1, 0.15) is 18.2 Å². The molecule has 1 atom stereocenters. The first kappa shape index (κ1) is 17.5. The standard InChI is InChI=1S/C22H19FN2O/c1-16(21-7-2-3-8-22(21)23)25-19-9-11-20(12-10-19)26-15-18-6-4-5-17(13-18)14-24/h2-13,16,25H,15H2,1H3. The zero-order chi connectivity index (χ0) is 18.4. The smallest absolute Gasteiger partial charge is 0.128 e. The van der Waals surface area contributed by atoms with Crippen LogP contribution in [0.15, 0.2) is 72.8 Å². The summed E-state index contributed by atoms with van der Waals surface area (Å²) in [6.45, 7) is 2.32. The summed E-state index contributed by atoms with van der Waals surface area (Å²) >= 11 is 0. The molecule has 1 N–H and O–H groups in total. The maximum Gasteiger partial charge on any atom is 0.128 e. The first-order chi connectivity index (χ1) is 12.7. The highest BCUT2D eigenvalue weighted by atomic mass is 19.1. The molecule has 0 amide bonds. The van der Waals surface area contributed by atoms with E-state index in [4.69, 9.17) is 10.00 Å². The van der Waals surface area contributed by atoms with Gasteiger partial charge in [-0.05, 0) is 55.0 Å². The van der Waals surface area contributed by atoms with Crippen molar-refractivity contribution in [3.63, 3.8) is 0 Å². The van der Waals surface area contributed by atoms with Crippen molar-refractivity contribution in [1.82, 2.24) is 0 Å². The molecule has 3 nitrogen and oxygen atoms in total. The Hall–Kier alpha value is -3.32. The predicted octanol–water partition coefficient (Wildman–Crippen LogP) is 5.45. The maximum atomic E-state index is 13.8. The summed E-state index contributed by atoms with van der Waals surface area (Å²) in [7, 11) is 0. The van der Waals surface area contributed by atoms with Gasteiger partial charge in [0, 0.05) is 11.3 Å². The van der Waals surface area contributed by atoms with Gasteiger partial charge in [0.2, 0.25) is 0 Å². The Bertz CT molecular complexity index is 916. The Balaban J connectivity index is 1.60. The van der Waals surface area contributed by atoms with Crippen LogP contribution in [0.4, 0.5) is 10.1 Å². The number of halogens is 1. The van der Waals surface area contributed by atoms with E-state index in [2.05, 4.69) is 11.4 Å². The average Bonchev–Trinajstić information content (AvgIpc) is 2.68. The van der Waals surface area contributed by atoms with Gasteiger partial charge in [-0.3, -0.25) is 0 Å². The predicted molar refractivity (Wildman–Crippen MR) is 100 cm³/mol. The van der Waals surface area contributed by atoms with Gasteiger partial charge in [-0.25, -0.2) is 4.39 Å². The van der Waals surface area contributed by atoms with Crippen LogP contribution in [0, 0.1) is 17.1 Å². The molecule has 0 radical (unpaired) electrons. The van der Waals surface area contributed by atoms with Crippen molar-refractivity contribution in [3.05, 3.63) is 95.3 Å². The molecule has 0 aliphatic heterocycles. The molecule has 130 valence electrons. The summed E-state index contributed by atoms with van der Waals surface area (Å²) in [6, 6.07) is 23.6. The quantitative estimate of drug-likeness (QED) is 0.645. The number of rotatable bonds is 6. The average molecular weight is 346 g/mol. The van der Waals surface area contributed by atoms with E-state index in [0.717, 1.165) is 17.0 Å². The summed E-state index contributed by atoms with van der Waals surface area (Å²) in [5.74, 6) is 0.517. The lowest BCUT2D eigenvalue weighted by atomic mass is 10.1. The minimum Gasteiger partial charge on any atom is -0.489 e. The third-order valence-corrected chi connectivity index (χ3v) is 4.07. The second-order valence-electron chi connectivity index (χ2n) is 6.01. The molecule has 0 saturated heterocycles. The maximum absolute atomic E-state index is 13.8. The summed E-state index contributed by atoms with van der Waals surface area (Å²) in [5, 5.41) is 12.2. The number of nitrogens with one attached hydrogen (secondary N) is 1. The number of anilines is 1. The fourth-order valence-corrected chi connectivity index (χ4v) is 2.70. The number of nitriles is 1. The van der Waals surface area contributed by atoms with Crippen molar-refractivity contribution in [1.29, 1.82) is 5.26 Å². The molecule has 1 unspecified atom stereocenters. The molecule has 0 aromatic heterocycles. The summed E-state index contributed by atoms with van der Waals surface area (Å²) in [6.07, 6.45) is 0. The van der Waals surface area contributed by atoms with Gasteiger partial charge in [-0.2, -0.15) is 5.26 Å². The van der Waals surface area contributed by atoms with Crippen LogP contribution in [0.3, 0.4) is 0 Å². The Labute approximate surface area is 152 Å². The van der Waals surface area contributed by atoms with E-state index in [1.54, 1.807) is 18.2 Å². The highest BCUT2D eigenvalue weighted by Gasteiger charge is 2.09. The van der Waals surface area contributed by atoms with E-state index in [0.29, 0.717) is 17.7 Å². The topological polar surface area (TPSA) is 45.0 Å². The number of hydrogen-bond acceptors (Lipinski definition) is 3. The monoisotopic (exact) mass is 346 g/mol. The molecule has 0 saturated carbocycles. The Kier molecular flexibility index (Phi) is 5.50. The molecule has 0 fully saturated rings. The van der Waals surface area contributed by atoms with Crippen LogP contribution in [0.25, 0.3) is 0 Å².